The number of benzene rings is 2. The number of piperidine rings is 2. The van der Waals surface area contributed by atoms with Gasteiger partial charge in [-0.15, -0.1) is 0 Å². The topological polar surface area (TPSA) is 133 Å². The van der Waals surface area contributed by atoms with Gasteiger partial charge in [0.15, 0.2) is 6.10 Å². The average Bonchev–Trinajstić information content (AvgIpc) is 3.48. The van der Waals surface area contributed by atoms with Gasteiger partial charge in [0.25, 0.3) is 5.91 Å². The molecule has 4 aromatic rings. The van der Waals surface area contributed by atoms with Crippen molar-refractivity contribution in [3.63, 3.8) is 0 Å². The van der Waals surface area contributed by atoms with Gasteiger partial charge in [0, 0.05) is 67.6 Å². The molecule has 3 fully saturated rings. The Labute approximate surface area is 306 Å². The maximum absolute atomic E-state index is 14.0. The number of piperazine rings is 1. The van der Waals surface area contributed by atoms with Gasteiger partial charge in [0.1, 0.15) is 0 Å². The van der Waals surface area contributed by atoms with Crippen LogP contribution in [0.5, 0.6) is 0 Å². The minimum absolute atomic E-state index is 0.0411. The van der Waals surface area contributed by atoms with Crippen molar-refractivity contribution < 1.29 is 27.5 Å². The summed E-state index contributed by atoms with van der Waals surface area (Å²) in [7, 11) is 2.11. The fourth-order valence-electron chi connectivity index (χ4n) is 7.88. The number of likely N-dealkylation sites (tertiary alicyclic amines) is 2. The zero-order chi connectivity index (χ0) is 36.7. The fraction of sp³-hybridized carbons (Fsp3) is 0.500. The zero-order valence-electron chi connectivity index (χ0n) is 28.9. The molecule has 0 radical (unpaired) electrons. The molecular weight excluding hydrogens is 745 g/mol. The van der Waals surface area contributed by atoms with Gasteiger partial charge >= 0.3 is 18.0 Å². The molecule has 0 unspecified atom stereocenters. The first kappa shape index (κ1) is 36.2. The van der Waals surface area contributed by atoms with Crippen LogP contribution in [0, 0.1) is 0 Å². The van der Waals surface area contributed by atoms with Crippen LogP contribution in [0.1, 0.15) is 42.9 Å². The van der Waals surface area contributed by atoms with Crippen LogP contribution in [0.25, 0.3) is 21.9 Å². The summed E-state index contributed by atoms with van der Waals surface area (Å²) in [5, 5.41) is 0.839. The molecule has 0 aliphatic carbocycles. The molecule has 2 aromatic heterocycles. The molecule has 16 heteroatoms. The number of amides is 2. The van der Waals surface area contributed by atoms with Gasteiger partial charge in [-0.3, -0.25) is 19.2 Å². The number of hydrogen-bond acceptors (Lipinski definition) is 8. The summed E-state index contributed by atoms with van der Waals surface area (Å²) in [5.74, 6) is -0.446. The van der Waals surface area contributed by atoms with Crippen molar-refractivity contribution in [3.8, 4) is 0 Å². The van der Waals surface area contributed by atoms with E-state index >= 15 is 0 Å². The Hall–Kier alpha value is -4.15. The third-order valence-electron chi connectivity index (χ3n) is 10.8. The van der Waals surface area contributed by atoms with Crippen LogP contribution in [-0.2, 0) is 22.1 Å². The Kier molecular flexibility index (Phi) is 10.2. The van der Waals surface area contributed by atoms with Crippen LogP contribution in [0.3, 0.4) is 0 Å². The van der Waals surface area contributed by atoms with Crippen molar-refractivity contribution in [2.75, 3.05) is 65.1 Å². The van der Waals surface area contributed by atoms with Crippen LogP contribution in [0.15, 0.2) is 51.9 Å². The predicted molar refractivity (Wildman–Crippen MR) is 194 cm³/mol. The number of pyridine rings is 1. The first-order chi connectivity index (χ1) is 24.9. The number of rotatable bonds is 6. The molecule has 0 spiro atoms. The normalized spacial score (nSPS) is 19.4. The molecule has 3 saturated heterocycles. The summed E-state index contributed by atoms with van der Waals surface area (Å²) in [5.41, 5.74) is 6.31. The van der Waals surface area contributed by atoms with E-state index in [0.29, 0.717) is 56.1 Å². The molecule has 0 saturated carbocycles. The average molecular weight is 788 g/mol. The second-order valence-corrected chi connectivity index (χ2v) is 14.9. The number of H-pyrrole nitrogens is 1. The van der Waals surface area contributed by atoms with Crippen LogP contribution < -0.4 is 11.4 Å². The number of nitrogens with zero attached hydrogens (tertiary/aromatic N) is 6. The molecule has 1 atom stereocenters. The summed E-state index contributed by atoms with van der Waals surface area (Å²) in [6.45, 7) is 4.72. The SMILES string of the molecule is CN1CCC(N2CCN(C(=O)[C@@H](Cc3cc(Br)c(N)c(C(F)(F)F)c3)OC(=O)N3CCC(n4c(=O)[nH]c5c6ccccc6ncc54)CC3)CC2)CC1. The van der Waals surface area contributed by atoms with E-state index in [1.807, 2.05) is 24.3 Å². The van der Waals surface area contributed by atoms with E-state index in [0.717, 1.165) is 42.9 Å². The monoisotopic (exact) mass is 786 g/mol. The Morgan fingerprint density at radius 2 is 1.65 bits per heavy atom. The molecule has 3 N–H and O–H groups in total. The quantitative estimate of drug-likeness (QED) is 0.265. The van der Waals surface area contributed by atoms with E-state index < -0.39 is 35.5 Å². The number of hydrogen-bond donors (Lipinski definition) is 2. The molecule has 7 rings (SSSR count). The number of nitrogens with two attached hydrogens (primary N) is 1. The summed E-state index contributed by atoms with van der Waals surface area (Å²) in [4.78, 5) is 56.2. The number of aromatic nitrogens is 3. The van der Waals surface area contributed by atoms with Gasteiger partial charge in [-0.05, 0) is 85.5 Å². The maximum atomic E-state index is 14.0. The number of anilines is 1. The van der Waals surface area contributed by atoms with Gasteiger partial charge in [-0.1, -0.05) is 18.2 Å². The second kappa shape index (κ2) is 14.7. The Bertz CT molecular complexity index is 2010. The highest BCUT2D eigenvalue weighted by molar-refractivity contribution is 9.10. The molecule has 3 aliphatic heterocycles. The molecule has 3 aliphatic rings. The van der Waals surface area contributed by atoms with Crippen molar-refractivity contribution in [1.82, 2.24) is 34.1 Å². The van der Waals surface area contributed by atoms with E-state index in [9.17, 15) is 27.6 Å². The van der Waals surface area contributed by atoms with E-state index in [1.54, 1.807) is 15.7 Å². The summed E-state index contributed by atoms with van der Waals surface area (Å²) < 4.78 is 49.2. The number of ether oxygens (including phenoxy) is 1. The Balaban J connectivity index is 1.06. The van der Waals surface area contributed by atoms with Crippen molar-refractivity contribution in [3.05, 3.63) is 68.7 Å². The van der Waals surface area contributed by atoms with E-state index in [2.05, 4.69) is 42.7 Å². The van der Waals surface area contributed by atoms with Gasteiger partial charge in [0.05, 0.1) is 34.0 Å². The molecule has 278 valence electrons. The number of carbonyl (C=O) groups excluding carboxylic acids is 2. The number of para-hydroxylation sites is 1. The second-order valence-electron chi connectivity index (χ2n) is 14.1. The first-order valence-corrected chi connectivity index (χ1v) is 18.5. The van der Waals surface area contributed by atoms with E-state index in [1.165, 1.54) is 11.0 Å². The van der Waals surface area contributed by atoms with Crippen LogP contribution in [0.2, 0.25) is 0 Å². The number of aromatic amines is 1. The van der Waals surface area contributed by atoms with Crippen molar-refractivity contribution in [2.45, 2.75) is 56.5 Å². The predicted octanol–water partition coefficient (Wildman–Crippen LogP) is 4.86. The van der Waals surface area contributed by atoms with E-state index in [-0.39, 0.29) is 41.3 Å². The smallest absolute Gasteiger partial charge is 0.418 e. The first-order valence-electron chi connectivity index (χ1n) is 17.7. The lowest BCUT2D eigenvalue weighted by Crippen LogP contribution is -2.56. The Morgan fingerprint density at radius 3 is 2.35 bits per heavy atom. The summed E-state index contributed by atoms with van der Waals surface area (Å²) >= 11 is 3.13. The molecule has 12 nitrogen and oxygen atoms in total. The zero-order valence-corrected chi connectivity index (χ0v) is 30.5. The standard InChI is InChI=1S/C36H42BrF3N8O4/c1-44-10-6-23(7-11-44)45-14-16-46(17-15-45)33(49)30(20-22-18-26(36(38,39)40)31(41)27(37)19-22)52-35(51)47-12-8-24(9-13-47)48-29-21-42-28-5-3-2-4-25(28)32(29)43-34(48)50/h2-5,18-19,21,23-24,30H,6-17,20,41H2,1H3,(H,43,50)/t30-/m1/s1. The van der Waals surface area contributed by atoms with Gasteiger partial charge < -0.3 is 30.2 Å². The van der Waals surface area contributed by atoms with Crippen molar-refractivity contribution in [2.24, 2.45) is 0 Å². The highest BCUT2D eigenvalue weighted by Crippen LogP contribution is 2.38. The summed E-state index contributed by atoms with van der Waals surface area (Å²) in [6.07, 6.45) is -2.38. The third kappa shape index (κ3) is 7.37. The van der Waals surface area contributed by atoms with Gasteiger partial charge in [-0.2, -0.15) is 13.2 Å². The molecular formula is C36H42BrF3N8O4. The third-order valence-corrected chi connectivity index (χ3v) is 11.5. The lowest BCUT2D eigenvalue weighted by atomic mass is 10.0. The van der Waals surface area contributed by atoms with Crippen molar-refractivity contribution >= 4 is 55.6 Å². The fourth-order valence-corrected chi connectivity index (χ4v) is 8.39. The van der Waals surface area contributed by atoms with Crippen LogP contribution >= 0.6 is 15.9 Å². The molecule has 2 aromatic carbocycles. The number of halogens is 4. The maximum Gasteiger partial charge on any atom is 0.418 e. The lowest BCUT2D eigenvalue weighted by Gasteiger charge is -2.42. The Morgan fingerprint density at radius 1 is 0.981 bits per heavy atom. The molecule has 52 heavy (non-hydrogen) atoms. The van der Waals surface area contributed by atoms with Crippen LogP contribution in [0.4, 0.5) is 23.7 Å². The van der Waals surface area contributed by atoms with Gasteiger partial charge in [-0.25, -0.2) is 9.59 Å². The van der Waals surface area contributed by atoms with E-state index in [4.69, 9.17) is 10.5 Å². The number of imidazole rings is 1. The minimum Gasteiger partial charge on any atom is -0.436 e. The lowest BCUT2D eigenvalue weighted by molar-refractivity contribution is -0.143. The van der Waals surface area contributed by atoms with Gasteiger partial charge in [0.2, 0.25) is 0 Å². The number of alkyl halides is 3. The minimum atomic E-state index is -4.72. The number of nitrogens with one attached hydrogen (secondary N) is 1. The number of nitrogen functional groups attached to an aromatic ring is 1. The largest absolute Gasteiger partial charge is 0.436 e. The van der Waals surface area contributed by atoms with Crippen LogP contribution in [-0.4, -0.2) is 118 Å². The highest BCUT2D eigenvalue weighted by Gasteiger charge is 2.37. The highest BCUT2D eigenvalue weighted by atomic mass is 79.9. The number of carbonyl (C=O) groups is 2. The number of fused-ring (bicyclic) bond motifs is 3. The molecule has 5 heterocycles. The molecule has 0 bridgehead atoms. The van der Waals surface area contributed by atoms with Crippen molar-refractivity contribution in [1.29, 1.82) is 0 Å². The molecule has 2 amide bonds. The summed E-state index contributed by atoms with van der Waals surface area (Å²) in [6, 6.07) is 10.1.